The summed E-state index contributed by atoms with van der Waals surface area (Å²) in [4.78, 5) is 24.1. The standard InChI is InChI=1S/C26H25NO5/c1-31-24-13-7-2-8-17(24)14-18(25(28)29)15-27-26(30)32-16-23-21-11-5-3-9-19(21)20-10-4-6-12-22(20)23/h2-13,18,23H,14-16H2,1H3,(H,27,30)(H,28,29)/t18-/m1/s1. The van der Waals surface area contributed by atoms with Crippen LogP contribution in [0.4, 0.5) is 4.79 Å². The van der Waals surface area contributed by atoms with Crippen LogP contribution >= 0.6 is 0 Å². The Hall–Kier alpha value is -3.80. The van der Waals surface area contributed by atoms with E-state index in [0.717, 1.165) is 27.8 Å². The Balaban J connectivity index is 1.37. The molecule has 0 saturated carbocycles. The summed E-state index contributed by atoms with van der Waals surface area (Å²) in [7, 11) is 1.55. The molecule has 0 bridgehead atoms. The molecule has 2 N–H and O–H groups in total. The summed E-state index contributed by atoms with van der Waals surface area (Å²) in [5.74, 6) is -1.21. The smallest absolute Gasteiger partial charge is 0.407 e. The van der Waals surface area contributed by atoms with Gasteiger partial charge in [0.25, 0.3) is 0 Å². The monoisotopic (exact) mass is 431 g/mol. The Morgan fingerprint density at radius 1 is 0.938 bits per heavy atom. The van der Waals surface area contributed by atoms with Gasteiger partial charge in [0, 0.05) is 12.5 Å². The van der Waals surface area contributed by atoms with Crippen LogP contribution in [0.2, 0.25) is 0 Å². The summed E-state index contributed by atoms with van der Waals surface area (Å²) in [5.41, 5.74) is 5.33. The SMILES string of the molecule is COc1ccccc1C[C@H](CNC(=O)OCC1c2ccccc2-c2ccccc21)C(=O)O. The number of rotatable bonds is 8. The van der Waals surface area contributed by atoms with Gasteiger partial charge in [-0.3, -0.25) is 4.79 Å². The average Bonchev–Trinajstić information content (AvgIpc) is 3.14. The summed E-state index contributed by atoms with van der Waals surface area (Å²) in [6, 6.07) is 23.5. The quantitative estimate of drug-likeness (QED) is 0.549. The molecular weight excluding hydrogens is 406 g/mol. The van der Waals surface area contributed by atoms with Gasteiger partial charge < -0.3 is 19.9 Å². The van der Waals surface area contributed by atoms with Crippen LogP contribution in [0.5, 0.6) is 5.75 Å². The van der Waals surface area contributed by atoms with E-state index < -0.39 is 18.0 Å². The molecule has 0 fully saturated rings. The van der Waals surface area contributed by atoms with Crippen LogP contribution in [-0.2, 0) is 16.0 Å². The van der Waals surface area contributed by atoms with Crippen molar-refractivity contribution in [2.75, 3.05) is 20.3 Å². The average molecular weight is 431 g/mol. The van der Waals surface area contributed by atoms with Crippen LogP contribution < -0.4 is 10.1 Å². The molecule has 0 heterocycles. The Labute approximate surface area is 186 Å². The second kappa shape index (κ2) is 9.56. The zero-order chi connectivity index (χ0) is 22.5. The molecule has 1 amide bonds. The minimum atomic E-state index is -0.991. The van der Waals surface area contributed by atoms with Crippen LogP contribution in [0.1, 0.15) is 22.6 Å². The highest BCUT2D eigenvalue weighted by molar-refractivity contribution is 5.79. The molecule has 0 unspecified atom stereocenters. The van der Waals surface area contributed by atoms with E-state index in [9.17, 15) is 14.7 Å². The molecule has 3 aromatic rings. The molecule has 32 heavy (non-hydrogen) atoms. The fourth-order valence-corrected chi connectivity index (χ4v) is 4.24. The zero-order valence-electron chi connectivity index (χ0n) is 17.8. The van der Waals surface area contributed by atoms with Crippen molar-refractivity contribution in [1.82, 2.24) is 5.32 Å². The van der Waals surface area contributed by atoms with Gasteiger partial charge >= 0.3 is 12.1 Å². The normalized spacial score (nSPS) is 13.0. The number of carboxylic acids is 1. The van der Waals surface area contributed by atoms with E-state index in [1.165, 1.54) is 0 Å². The van der Waals surface area contributed by atoms with Crippen molar-refractivity contribution in [1.29, 1.82) is 0 Å². The Morgan fingerprint density at radius 2 is 1.53 bits per heavy atom. The molecular formula is C26H25NO5. The fourth-order valence-electron chi connectivity index (χ4n) is 4.24. The number of methoxy groups -OCH3 is 1. The lowest BCUT2D eigenvalue weighted by atomic mass is 9.98. The van der Waals surface area contributed by atoms with Crippen LogP contribution in [0.15, 0.2) is 72.8 Å². The van der Waals surface area contributed by atoms with E-state index in [-0.39, 0.29) is 25.5 Å². The molecule has 6 nitrogen and oxygen atoms in total. The lowest BCUT2D eigenvalue weighted by Gasteiger charge is -2.17. The van der Waals surface area contributed by atoms with Crippen molar-refractivity contribution in [3.63, 3.8) is 0 Å². The van der Waals surface area contributed by atoms with Crippen LogP contribution in [-0.4, -0.2) is 37.4 Å². The number of ether oxygens (including phenoxy) is 2. The van der Waals surface area contributed by atoms with E-state index in [0.29, 0.717) is 5.75 Å². The summed E-state index contributed by atoms with van der Waals surface area (Å²) < 4.78 is 10.8. The first kappa shape index (κ1) is 21.4. The van der Waals surface area contributed by atoms with Crippen molar-refractivity contribution in [2.24, 2.45) is 5.92 Å². The minimum absolute atomic E-state index is 0.0376. The molecule has 1 atom stereocenters. The lowest BCUT2D eigenvalue weighted by molar-refractivity contribution is -0.141. The topological polar surface area (TPSA) is 84.9 Å². The summed E-state index contributed by atoms with van der Waals surface area (Å²) in [5, 5.41) is 12.2. The van der Waals surface area contributed by atoms with Gasteiger partial charge in [0.15, 0.2) is 0 Å². The predicted octanol–water partition coefficient (Wildman–Crippen LogP) is 4.48. The minimum Gasteiger partial charge on any atom is -0.496 e. The number of carbonyl (C=O) groups is 2. The molecule has 0 radical (unpaired) electrons. The third kappa shape index (κ3) is 4.44. The van der Waals surface area contributed by atoms with Crippen molar-refractivity contribution >= 4 is 12.1 Å². The molecule has 4 rings (SSSR count). The highest BCUT2D eigenvalue weighted by Gasteiger charge is 2.29. The van der Waals surface area contributed by atoms with Crippen molar-refractivity contribution in [3.8, 4) is 16.9 Å². The molecule has 1 aliphatic carbocycles. The molecule has 164 valence electrons. The Kier molecular flexibility index (Phi) is 6.40. The lowest BCUT2D eigenvalue weighted by Crippen LogP contribution is -2.35. The van der Waals surface area contributed by atoms with Crippen molar-refractivity contribution in [3.05, 3.63) is 89.5 Å². The number of nitrogens with one attached hydrogen (secondary N) is 1. The summed E-state index contributed by atoms with van der Waals surface area (Å²) in [6.45, 7) is 0.147. The highest BCUT2D eigenvalue weighted by Crippen LogP contribution is 2.44. The van der Waals surface area contributed by atoms with Crippen molar-refractivity contribution in [2.45, 2.75) is 12.3 Å². The molecule has 0 saturated heterocycles. The van der Waals surface area contributed by atoms with E-state index >= 15 is 0 Å². The molecule has 6 heteroatoms. The highest BCUT2D eigenvalue weighted by atomic mass is 16.5. The van der Waals surface area contributed by atoms with Gasteiger partial charge in [0.1, 0.15) is 12.4 Å². The van der Waals surface area contributed by atoms with Crippen LogP contribution in [0.25, 0.3) is 11.1 Å². The number of hydrogen-bond acceptors (Lipinski definition) is 4. The van der Waals surface area contributed by atoms with Gasteiger partial charge in [-0.05, 0) is 40.3 Å². The van der Waals surface area contributed by atoms with Crippen LogP contribution in [0, 0.1) is 5.92 Å². The van der Waals surface area contributed by atoms with Gasteiger partial charge in [0.05, 0.1) is 13.0 Å². The number of amides is 1. The van der Waals surface area contributed by atoms with E-state index in [1.807, 2.05) is 42.5 Å². The Bertz CT molecular complexity index is 1080. The number of carbonyl (C=O) groups excluding carboxylic acids is 1. The van der Waals surface area contributed by atoms with E-state index in [4.69, 9.17) is 9.47 Å². The number of carboxylic acid groups (broad SMARTS) is 1. The molecule has 1 aliphatic rings. The van der Waals surface area contributed by atoms with Gasteiger partial charge in [-0.15, -0.1) is 0 Å². The number of alkyl carbamates (subject to hydrolysis) is 1. The number of benzene rings is 3. The molecule has 0 aliphatic heterocycles. The fraction of sp³-hybridized carbons (Fsp3) is 0.231. The van der Waals surface area contributed by atoms with Crippen LogP contribution in [0.3, 0.4) is 0 Å². The third-order valence-corrected chi connectivity index (χ3v) is 5.84. The largest absolute Gasteiger partial charge is 0.496 e. The molecule has 0 aromatic heterocycles. The number of para-hydroxylation sites is 1. The summed E-state index contributed by atoms with van der Waals surface area (Å²) >= 11 is 0. The first-order valence-electron chi connectivity index (χ1n) is 10.5. The maximum atomic E-state index is 12.4. The van der Waals surface area contributed by atoms with Gasteiger partial charge in [-0.1, -0.05) is 66.7 Å². The van der Waals surface area contributed by atoms with Gasteiger partial charge in [0.2, 0.25) is 0 Å². The Morgan fingerprint density at radius 3 is 2.16 bits per heavy atom. The van der Waals surface area contributed by atoms with E-state index in [2.05, 4.69) is 29.6 Å². The number of fused-ring (bicyclic) bond motifs is 3. The van der Waals surface area contributed by atoms with Gasteiger partial charge in [-0.2, -0.15) is 0 Å². The predicted molar refractivity (Wildman–Crippen MR) is 121 cm³/mol. The maximum absolute atomic E-state index is 12.4. The number of aliphatic carboxylic acids is 1. The first-order valence-corrected chi connectivity index (χ1v) is 10.5. The third-order valence-electron chi connectivity index (χ3n) is 5.84. The first-order chi connectivity index (χ1) is 15.6. The second-order valence-corrected chi connectivity index (χ2v) is 7.76. The second-order valence-electron chi connectivity index (χ2n) is 7.76. The number of hydrogen-bond donors (Lipinski definition) is 2. The zero-order valence-corrected chi connectivity index (χ0v) is 17.8. The molecule has 3 aromatic carbocycles. The summed E-state index contributed by atoms with van der Waals surface area (Å²) in [6.07, 6.45) is -0.388. The molecule has 0 spiro atoms. The maximum Gasteiger partial charge on any atom is 0.407 e. The van der Waals surface area contributed by atoms with Crippen molar-refractivity contribution < 1.29 is 24.2 Å². The van der Waals surface area contributed by atoms with E-state index in [1.54, 1.807) is 13.2 Å². The van der Waals surface area contributed by atoms with Gasteiger partial charge in [-0.25, -0.2) is 4.79 Å².